The number of anilines is 1. The van der Waals surface area contributed by atoms with Crippen molar-refractivity contribution in [2.75, 3.05) is 12.4 Å². The zero-order valence-corrected chi connectivity index (χ0v) is 12.8. The number of hydrogen-bond donors (Lipinski definition) is 2. The number of carbonyl (C=O) groups is 2. The van der Waals surface area contributed by atoms with E-state index in [0.29, 0.717) is 0 Å². The zero-order chi connectivity index (χ0) is 15.6. The maximum atomic E-state index is 12.3. The minimum Gasteiger partial charge on any atom is -0.480 e. The predicted molar refractivity (Wildman–Crippen MR) is 81.6 cm³/mol. The van der Waals surface area contributed by atoms with Crippen LogP contribution in [0, 0.1) is 0 Å². The van der Waals surface area contributed by atoms with E-state index in [1.165, 1.54) is 43.3 Å². The Labute approximate surface area is 125 Å². The quantitative estimate of drug-likeness (QED) is 0.899. The molecule has 2 rings (SSSR count). The van der Waals surface area contributed by atoms with Crippen molar-refractivity contribution in [3.05, 3.63) is 29.3 Å². The molecule has 1 aliphatic rings. The summed E-state index contributed by atoms with van der Waals surface area (Å²) in [5.74, 6) is -1.03. The molecule has 0 aliphatic heterocycles. The Balaban J connectivity index is 2.19. The first-order valence-electron chi connectivity index (χ1n) is 7.23. The first kappa shape index (κ1) is 15.4. The molecule has 5 nitrogen and oxygen atoms in total. The number of aryl methyl sites for hydroxylation is 1. The van der Waals surface area contributed by atoms with Crippen LogP contribution < -0.4 is 5.32 Å². The van der Waals surface area contributed by atoms with Crippen molar-refractivity contribution in [1.82, 2.24) is 4.90 Å². The van der Waals surface area contributed by atoms with Gasteiger partial charge in [-0.05, 0) is 56.7 Å². The molecule has 2 amide bonds. The molecule has 0 unspecified atom stereocenters. The smallest absolute Gasteiger partial charge is 0.329 e. The fraction of sp³-hybridized carbons (Fsp3) is 0.500. The molecule has 0 aromatic heterocycles. The second-order valence-electron chi connectivity index (χ2n) is 6.00. The maximum Gasteiger partial charge on any atom is 0.329 e. The summed E-state index contributed by atoms with van der Waals surface area (Å²) in [5, 5.41) is 12.1. The Hall–Kier alpha value is -2.04. The van der Waals surface area contributed by atoms with Crippen molar-refractivity contribution in [3.8, 4) is 0 Å². The molecule has 0 radical (unpaired) electrons. The molecule has 114 valence electrons. The van der Waals surface area contributed by atoms with Gasteiger partial charge in [0.25, 0.3) is 0 Å². The average Bonchev–Trinajstić information content (AvgIpc) is 2.46. The van der Waals surface area contributed by atoms with Crippen LogP contribution in [0.25, 0.3) is 0 Å². The molecule has 0 saturated heterocycles. The monoisotopic (exact) mass is 290 g/mol. The Kier molecular flexibility index (Phi) is 4.21. The van der Waals surface area contributed by atoms with Crippen LogP contribution in [0.15, 0.2) is 18.2 Å². The Morgan fingerprint density at radius 1 is 1.24 bits per heavy atom. The van der Waals surface area contributed by atoms with Gasteiger partial charge in [0.1, 0.15) is 5.54 Å². The second-order valence-corrected chi connectivity index (χ2v) is 6.00. The molecular weight excluding hydrogens is 268 g/mol. The van der Waals surface area contributed by atoms with Gasteiger partial charge in [0.2, 0.25) is 0 Å². The average molecular weight is 290 g/mol. The fourth-order valence-electron chi connectivity index (χ4n) is 2.49. The molecule has 1 aromatic carbocycles. The van der Waals surface area contributed by atoms with Crippen LogP contribution in [-0.2, 0) is 17.6 Å². The van der Waals surface area contributed by atoms with E-state index in [4.69, 9.17) is 0 Å². The minimum atomic E-state index is -1.25. The maximum absolute atomic E-state index is 12.3. The fourth-order valence-corrected chi connectivity index (χ4v) is 2.49. The van der Waals surface area contributed by atoms with Gasteiger partial charge in [0.05, 0.1) is 0 Å². The summed E-state index contributed by atoms with van der Waals surface area (Å²) in [6.07, 6.45) is 4.29. The number of urea groups is 1. The van der Waals surface area contributed by atoms with E-state index in [0.717, 1.165) is 24.9 Å². The first-order valence-corrected chi connectivity index (χ1v) is 7.23. The number of hydrogen-bond acceptors (Lipinski definition) is 2. The van der Waals surface area contributed by atoms with E-state index < -0.39 is 17.5 Å². The molecule has 0 fully saturated rings. The van der Waals surface area contributed by atoms with E-state index in [9.17, 15) is 14.7 Å². The number of nitrogens with zero attached hydrogens (tertiary/aromatic N) is 1. The summed E-state index contributed by atoms with van der Waals surface area (Å²) in [6, 6.07) is 5.50. The lowest BCUT2D eigenvalue weighted by atomic mass is 9.90. The van der Waals surface area contributed by atoms with Crippen LogP contribution in [0.4, 0.5) is 10.5 Å². The molecule has 0 bridgehead atoms. The summed E-state index contributed by atoms with van der Waals surface area (Å²) in [5.41, 5.74) is 2.00. The van der Waals surface area contributed by atoms with Crippen LogP contribution in [0.1, 0.15) is 37.8 Å². The topological polar surface area (TPSA) is 69.6 Å². The second kappa shape index (κ2) is 5.76. The number of fused-ring (bicyclic) bond motifs is 1. The van der Waals surface area contributed by atoms with Gasteiger partial charge in [-0.2, -0.15) is 0 Å². The number of nitrogens with one attached hydrogen (secondary N) is 1. The van der Waals surface area contributed by atoms with Crippen molar-refractivity contribution < 1.29 is 14.7 Å². The molecule has 1 aromatic rings. The number of carboxylic acids is 1. The van der Waals surface area contributed by atoms with Gasteiger partial charge in [0, 0.05) is 12.7 Å². The number of carboxylic acid groups (broad SMARTS) is 1. The highest BCUT2D eigenvalue weighted by atomic mass is 16.4. The van der Waals surface area contributed by atoms with Gasteiger partial charge in [0.15, 0.2) is 0 Å². The molecule has 5 heteroatoms. The van der Waals surface area contributed by atoms with Crippen LogP contribution in [0.5, 0.6) is 0 Å². The van der Waals surface area contributed by atoms with Gasteiger partial charge in [-0.3, -0.25) is 0 Å². The van der Waals surface area contributed by atoms with Crippen molar-refractivity contribution in [1.29, 1.82) is 0 Å². The van der Waals surface area contributed by atoms with Gasteiger partial charge < -0.3 is 15.3 Å². The number of rotatable bonds is 3. The van der Waals surface area contributed by atoms with Crippen LogP contribution in [0.2, 0.25) is 0 Å². The lowest BCUT2D eigenvalue weighted by molar-refractivity contribution is -0.146. The minimum absolute atomic E-state index is 0.402. The lowest BCUT2D eigenvalue weighted by Gasteiger charge is -2.32. The molecule has 0 heterocycles. The summed E-state index contributed by atoms with van der Waals surface area (Å²) < 4.78 is 0. The van der Waals surface area contributed by atoms with Crippen LogP contribution in [0.3, 0.4) is 0 Å². The Morgan fingerprint density at radius 3 is 2.57 bits per heavy atom. The van der Waals surface area contributed by atoms with E-state index in [1.54, 1.807) is 0 Å². The molecule has 2 N–H and O–H groups in total. The molecule has 0 spiro atoms. The number of benzene rings is 1. The van der Waals surface area contributed by atoms with Gasteiger partial charge >= 0.3 is 12.0 Å². The van der Waals surface area contributed by atoms with Crippen LogP contribution in [-0.4, -0.2) is 34.6 Å². The van der Waals surface area contributed by atoms with Gasteiger partial charge in [-0.25, -0.2) is 9.59 Å². The highest BCUT2D eigenvalue weighted by Crippen LogP contribution is 2.28. The highest BCUT2D eigenvalue weighted by Gasteiger charge is 2.35. The van der Waals surface area contributed by atoms with Crippen molar-refractivity contribution in [2.24, 2.45) is 0 Å². The SMILES string of the molecule is CN(C(=O)Nc1cccc2c1CCCC2)C(C)(C)C(=O)O. The van der Waals surface area contributed by atoms with Gasteiger partial charge in [-0.1, -0.05) is 12.1 Å². The standard InChI is InChI=1S/C16H22N2O3/c1-16(2,14(19)20)18(3)15(21)17-13-10-6-8-11-7-4-5-9-12(11)13/h6,8,10H,4-5,7,9H2,1-3H3,(H,17,21)(H,19,20). The molecule has 0 atom stereocenters. The third kappa shape index (κ3) is 3.01. The number of likely N-dealkylation sites (N-methyl/N-ethyl adjacent to an activating group) is 1. The van der Waals surface area contributed by atoms with Gasteiger partial charge in [-0.15, -0.1) is 0 Å². The highest BCUT2D eigenvalue weighted by molar-refractivity contribution is 5.94. The number of carbonyl (C=O) groups excluding carboxylic acids is 1. The molecule has 1 aliphatic carbocycles. The first-order chi connectivity index (χ1) is 9.84. The number of aliphatic carboxylic acids is 1. The van der Waals surface area contributed by atoms with Crippen molar-refractivity contribution in [3.63, 3.8) is 0 Å². The van der Waals surface area contributed by atoms with E-state index in [-0.39, 0.29) is 0 Å². The Morgan fingerprint density at radius 2 is 1.90 bits per heavy atom. The molecule has 21 heavy (non-hydrogen) atoms. The summed E-state index contributed by atoms with van der Waals surface area (Å²) in [6.45, 7) is 3.02. The zero-order valence-electron chi connectivity index (χ0n) is 12.8. The summed E-state index contributed by atoms with van der Waals surface area (Å²) in [4.78, 5) is 24.8. The third-order valence-corrected chi connectivity index (χ3v) is 4.30. The molecular formula is C16H22N2O3. The normalized spacial score (nSPS) is 14.2. The lowest BCUT2D eigenvalue weighted by Crippen LogP contribution is -2.52. The summed E-state index contributed by atoms with van der Waals surface area (Å²) in [7, 11) is 1.50. The van der Waals surface area contributed by atoms with Crippen molar-refractivity contribution >= 4 is 17.7 Å². The molecule has 0 saturated carbocycles. The predicted octanol–water partition coefficient (Wildman–Crippen LogP) is 2.89. The van der Waals surface area contributed by atoms with E-state index in [1.807, 2.05) is 12.1 Å². The Bertz CT molecular complexity index is 567. The largest absolute Gasteiger partial charge is 0.480 e. The third-order valence-electron chi connectivity index (χ3n) is 4.30. The van der Waals surface area contributed by atoms with Crippen LogP contribution >= 0.6 is 0 Å². The van der Waals surface area contributed by atoms with E-state index >= 15 is 0 Å². The summed E-state index contributed by atoms with van der Waals surface area (Å²) >= 11 is 0. The van der Waals surface area contributed by atoms with Crippen molar-refractivity contribution in [2.45, 2.75) is 45.1 Å². The number of amides is 2. The van der Waals surface area contributed by atoms with E-state index in [2.05, 4.69) is 11.4 Å².